The number of rotatable bonds is 7. The summed E-state index contributed by atoms with van der Waals surface area (Å²) in [6, 6.07) is 8.84. The van der Waals surface area contributed by atoms with Crippen molar-refractivity contribution in [3.05, 3.63) is 46.3 Å². The first-order valence-electron chi connectivity index (χ1n) is 7.52. The molecular formula is C17H18N2O5S. The fraction of sp³-hybridized carbons (Fsp3) is 0.235. The van der Waals surface area contributed by atoms with Crippen LogP contribution in [-0.2, 0) is 9.53 Å². The van der Waals surface area contributed by atoms with Crippen LogP contribution in [0.15, 0.2) is 30.3 Å². The minimum absolute atomic E-state index is 0.0983. The number of carbonyl (C=O) groups excluding carboxylic acids is 3. The molecule has 0 aliphatic rings. The second kappa shape index (κ2) is 8.29. The van der Waals surface area contributed by atoms with Gasteiger partial charge in [0.25, 0.3) is 11.8 Å². The Kier molecular flexibility index (Phi) is 6.13. The van der Waals surface area contributed by atoms with Gasteiger partial charge in [0, 0.05) is 0 Å². The topological polar surface area (TPSA) is 108 Å². The van der Waals surface area contributed by atoms with E-state index in [2.05, 4.69) is 5.32 Å². The number of benzene rings is 1. The molecule has 2 amide bonds. The van der Waals surface area contributed by atoms with Crippen LogP contribution in [0.2, 0.25) is 0 Å². The highest BCUT2D eigenvalue weighted by Gasteiger charge is 2.25. The Bertz CT molecular complexity index is 786. The second-order valence-electron chi connectivity index (χ2n) is 4.99. The molecule has 25 heavy (non-hydrogen) atoms. The molecule has 7 nitrogen and oxygen atoms in total. The fourth-order valence-electron chi connectivity index (χ4n) is 2.12. The van der Waals surface area contributed by atoms with Crippen LogP contribution < -0.4 is 15.8 Å². The largest absolute Gasteiger partial charge is 0.484 e. The Morgan fingerprint density at radius 1 is 1.20 bits per heavy atom. The predicted molar refractivity (Wildman–Crippen MR) is 94.1 cm³/mol. The number of ether oxygens (including phenoxy) is 2. The van der Waals surface area contributed by atoms with Crippen molar-refractivity contribution < 1.29 is 23.9 Å². The highest BCUT2D eigenvalue weighted by atomic mass is 32.1. The minimum atomic E-state index is -0.733. The Balaban J connectivity index is 2.14. The first-order chi connectivity index (χ1) is 11.9. The molecule has 8 heteroatoms. The lowest BCUT2D eigenvalue weighted by molar-refractivity contribution is -0.118. The van der Waals surface area contributed by atoms with Crippen LogP contribution in [0.5, 0.6) is 5.75 Å². The summed E-state index contributed by atoms with van der Waals surface area (Å²) < 4.78 is 10.3. The van der Waals surface area contributed by atoms with Gasteiger partial charge >= 0.3 is 5.97 Å². The maximum absolute atomic E-state index is 12.1. The molecule has 0 radical (unpaired) electrons. The van der Waals surface area contributed by atoms with Crippen LogP contribution in [0, 0.1) is 6.92 Å². The Hall–Kier alpha value is -2.87. The Labute approximate surface area is 148 Å². The van der Waals surface area contributed by atoms with Crippen molar-refractivity contribution in [2.75, 3.05) is 18.5 Å². The molecule has 0 saturated heterocycles. The Morgan fingerprint density at radius 2 is 1.88 bits per heavy atom. The predicted octanol–water partition coefficient (Wildman–Crippen LogP) is 2.35. The number of nitrogens with two attached hydrogens (primary N) is 1. The first-order valence-corrected chi connectivity index (χ1v) is 8.33. The summed E-state index contributed by atoms with van der Waals surface area (Å²) in [6.45, 7) is 3.22. The third-order valence-corrected chi connectivity index (χ3v) is 4.41. The van der Waals surface area contributed by atoms with Gasteiger partial charge in [0.2, 0.25) is 0 Å². The second-order valence-corrected chi connectivity index (χ2v) is 6.02. The van der Waals surface area contributed by atoms with Crippen molar-refractivity contribution in [1.82, 2.24) is 0 Å². The lowest BCUT2D eigenvalue weighted by atomic mass is 10.1. The lowest BCUT2D eigenvalue weighted by Gasteiger charge is -2.07. The van der Waals surface area contributed by atoms with E-state index in [1.54, 1.807) is 38.1 Å². The van der Waals surface area contributed by atoms with Crippen LogP contribution in [0.1, 0.15) is 32.5 Å². The number of carbonyl (C=O) groups is 3. The summed E-state index contributed by atoms with van der Waals surface area (Å²) in [7, 11) is 0. The number of nitrogens with one attached hydrogen (secondary N) is 1. The van der Waals surface area contributed by atoms with Crippen molar-refractivity contribution in [3.63, 3.8) is 0 Å². The maximum atomic E-state index is 12.1. The summed E-state index contributed by atoms with van der Waals surface area (Å²) in [5, 5.41) is 2.77. The summed E-state index contributed by atoms with van der Waals surface area (Å²) in [5.74, 6) is -1.22. The van der Waals surface area contributed by atoms with Crippen LogP contribution in [0.25, 0.3) is 0 Å². The van der Waals surface area contributed by atoms with Gasteiger partial charge in [0.1, 0.15) is 15.6 Å². The van der Waals surface area contributed by atoms with Crippen molar-refractivity contribution >= 4 is 34.1 Å². The van der Waals surface area contributed by atoms with E-state index in [4.69, 9.17) is 15.2 Å². The number of para-hydroxylation sites is 1. The number of primary amides is 1. The zero-order valence-electron chi connectivity index (χ0n) is 13.8. The molecule has 2 aromatic rings. The standard InChI is InChI=1S/C17H18N2O5S/c1-3-23-17(22)14-10(2)13(15(18)21)16(25-14)19-12(20)9-24-11-7-5-4-6-8-11/h4-8H,3,9H2,1-2H3,(H2,18,21)(H,19,20). The van der Waals surface area contributed by atoms with E-state index in [1.807, 2.05) is 6.07 Å². The van der Waals surface area contributed by atoms with E-state index in [0.29, 0.717) is 11.3 Å². The Morgan fingerprint density at radius 3 is 2.48 bits per heavy atom. The highest BCUT2D eigenvalue weighted by Crippen LogP contribution is 2.33. The SMILES string of the molecule is CCOC(=O)c1sc(NC(=O)COc2ccccc2)c(C(N)=O)c1C. The monoisotopic (exact) mass is 362 g/mol. The van der Waals surface area contributed by atoms with Crippen molar-refractivity contribution in [1.29, 1.82) is 0 Å². The molecule has 0 fully saturated rings. The van der Waals surface area contributed by atoms with Gasteiger partial charge in [-0.25, -0.2) is 4.79 Å². The molecule has 1 aromatic carbocycles. The van der Waals surface area contributed by atoms with Gasteiger partial charge in [-0.1, -0.05) is 18.2 Å². The van der Waals surface area contributed by atoms with E-state index in [9.17, 15) is 14.4 Å². The number of anilines is 1. The van der Waals surface area contributed by atoms with Crippen LogP contribution in [0.4, 0.5) is 5.00 Å². The fourth-order valence-corrected chi connectivity index (χ4v) is 3.24. The van der Waals surface area contributed by atoms with Gasteiger partial charge in [-0.15, -0.1) is 11.3 Å². The average Bonchev–Trinajstić information content (AvgIpc) is 2.90. The van der Waals surface area contributed by atoms with E-state index >= 15 is 0 Å². The molecule has 0 bridgehead atoms. The van der Waals surface area contributed by atoms with Gasteiger partial charge in [-0.05, 0) is 31.5 Å². The molecule has 0 spiro atoms. The van der Waals surface area contributed by atoms with E-state index in [0.717, 1.165) is 11.3 Å². The summed E-state index contributed by atoms with van der Waals surface area (Å²) >= 11 is 0.950. The first kappa shape index (κ1) is 18.5. The molecule has 0 aliphatic carbocycles. The third kappa shape index (κ3) is 4.57. The number of hydrogen-bond donors (Lipinski definition) is 2. The zero-order valence-corrected chi connectivity index (χ0v) is 14.6. The molecular weight excluding hydrogens is 344 g/mol. The average molecular weight is 362 g/mol. The molecule has 0 aliphatic heterocycles. The number of thiophene rings is 1. The zero-order chi connectivity index (χ0) is 18.4. The van der Waals surface area contributed by atoms with Gasteiger partial charge < -0.3 is 20.5 Å². The molecule has 1 heterocycles. The third-order valence-electron chi connectivity index (χ3n) is 3.22. The molecule has 3 N–H and O–H groups in total. The summed E-state index contributed by atoms with van der Waals surface area (Å²) in [6.07, 6.45) is 0. The molecule has 2 rings (SSSR count). The summed E-state index contributed by atoms with van der Waals surface area (Å²) in [5.41, 5.74) is 5.86. The van der Waals surface area contributed by atoms with E-state index in [1.165, 1.54) is 0 Å². The van der Waals surface area contributed by atoms with Crippen LogP contribution in [0.3, 0.4) is 0 Å². The lowest BCUT2D eigenvalue weighted by Crippen LogP contribution is -2.22. The van der Waals surface area contributed by atoms with Crippen LogP contribution in [-0.4, -0.2) is 31.0 Å². The molecule has 1 aromatic heterocycles. The van der Waals surface area contributed by atoms with Gasteiger partial charge in [0.15, 0.2) is 6.61 Å². The summed E-state index contributed by atoms with van der Waals surface area (Å²) in [4.78, 5) is 36.0. The van der Waals surface area contributed by atoms with E-state index in [-0.39, 0.29) is 28.7 Å². The van der Waals surface area contributed by atoms with Gasteiger partial charge in [0.05, 0.1) is 12.2 Å². The molecule has 132 valence electrons. The van der Waals surface area contributed by atoms with Crippen molar-refractivity contribution in [2.45, 2.75) is 13.8 Å². The normalized spacial score (nSPS) is 10.2. The number of esters is 1. The minimum Gasteiger partial charge on any atom is -0.484 e. The quantitative estimate of drug-likeness (QED) is 0.735. The van der Waals surface area contributed by atoms with Gasteiger partial charge in [-0.3, -0.25) is 9.59 Å². The highest BCUT2D eigenvalue weighted by molar-refractivity contribution is 7.18. The van der Waals surface area contributed by atoms with Gasteiger partial charge in [-0.2, -0.15) is 0 Å². The number of hydrogen-bond acceptors (Lipinski definition) is 6. The van der Waals surface area contributed by atoms with Crippen LogP contribution >= 0.6 is 11.3 Å². The maximum Gasteiger partial charge on any atom is 0.348 e. The molecule has 0 saturated carbocycles. The molecule has 0 atom stereocenters. The van der Waals surface area contributed by atoms with Crippen molar-refractivity contribution in [2.24, 2.45) is 5.73 Å². The molecule has 0 unspecified atom stereocenters. The van der Waals surface area contributed by atoms with E-state index < -0.39 is 17.8 Å². The number of amides is 2. The van der Waals surface area contributed by atoms with Crippen molar-refractivity contribution in [3.8, 4) is 5.75 Å². The smallest absolute Gasteiger partial charge is 0.348 e.